The highest BCUT2D eigenvalue weighted by Gasteiger charge is 2.38. The average molecular weight is 235 g/mol. The number of likely N-dealkylation sites (N-methyl/N-ethyl adjacent to an activating group) is 1. The number of carbonyl (C=O) groups excluding carboxylic acids is 1. The summed E-state index contributed by atoms with van der Waals surface area (Å²) in [5.74, 6) is 0.365. The average Bonchev–Trinajstić information content (AvgIpc) is 2.31. The fraction of sp³-hybridized carbons (Fsp3) is 0.538. The van der Waals surface area contributed by atoms with Gasteiger partial charge in [0.2, 0.25) is 0 Å². The summed E-state index contributed by atoms with van der Waals surface area (Å²) in [5.41, 5.74) is 5.81. The summed E-state index contributed by atoms with van der Waals surface area (Å²) < 4.78 is 0. The number of nitrogens with zero attached hydrogens (tertiary/aromatic N) is 2. The first kappa shape index (κ1) is 13.6. The molecule has 4 heteroatoms. The summed E-state index contributed by atoms with van der Waals surface area (Å²) in [5, 5.41) is 0. The summed E-state index contributed by atoms with van der Waals surface area (Å²) >= 11 is 0. The van der Waals surface area contributed by atoms with Gasteiger partial charge in [-0.2, -0.15) is 0 Å². The van der Waals surface area contributed by atoms with Crippen LogP contribution in [0.2, 0.25) is 0 Å². The Morgan fingerprint density at radius 2 is 2.00 bits per heavy atom. The Morgan fingerprint density at radius 1 is 1.41 bits per heavy atom. The lowest BCUT2D eigenvalue weighted by Gasteiger charge is -2.37. The first-order chi connectivity index (χ1) is 7.99. The van der Waals surface area contributed by atoms with Gasteiger partial charge in [0.15, 0.2) is 5.78 Å². The molecule has 0 aliphatic heterocycles. The lowest BCUT2D eigenvalue weighted by molar-refractivity contribution is 0.0657. The number of ketones is 1. The van der Waals surface area contributed by atoms with Gasteiger partial charge in [0.1, 0.15) is 5.82 Å². The van der Waals surface area contributed by atoms with Crippen molar-refractivity contribution in [3.63, 3.8) is 0 Å². The van der Waals surface area contributed by atoms with Gasteiger partial charge in [-0.25, -0.2) is 4.98 Å². The third-order valence-corrected chi connectivity index (χ3v) is 3.53. The monoisotopic (exact) mass is 235 g/mol. The maximum atomic E-state index is 12.6. The van der Waals surface area contributed by atoms with E-state index >= 15 is 0 Å². The van der Waals surface area contributed by atoms with E-state index in [0.29, 0.717) is 11.4 Å². The molecule has 0 saturated heterocycles. The number of hydrogen-bond donors (Lipinski definition) is 1. The summed E-state index contributed by atoms with van der Waals surface area (Å²) in [6, 6.07) is 3.49. The van der Waals surface area contributed by atoms with Crippen molar-refractivity contribution in [1.29, 1.82) is 0 Å². The molecule has 17 heavy (non-hydrogen) atoms. The molecule has 4 nitrogen and oxygen atoms in total. The van der Waals surface area contributed by atoms with Crippen LogP contribution in [0.15, 0.2) is 18.3 Å². The number of nitrogens with two attached hydrogens (primary N) is 1. The lowest BCUT2D eigenvalue weighted by atomic mass is 9.83. The molecule has 1 aromatic heterocycles. The van der Waals surface area contributed by atoms with E-state index in [4.69, 9.17) is 5.73 Å². The highest BCUT2D eigenvalue weighted by atomic mass is 16.1. The SMILES string of the molecule is CCC(CC)(C(=O)c1cccnc1N)N(C)C. The third-order valence-electron chi connectivity index (χ3n) is 3.53. The molecule has 0 fully saturated rings. The van der Waals surface area contributed by atoms with Crippen molar-refractivity contribution in [1.82, 2.24) is 9.88 Å². The molecule has 0 saturated carbocycles. The lowest BCUT2D eigenvalue weighted by Crippen LogP contribution is -2.50. The quantitative estimate of drug-likeness (QED) is 0.793. The van der Waals surface area contributed by atoms with E-state index < -0.39 is 5.54 Å². The Kier molecular flexibility index (Phi) is 4.23. The van der Waals surface area contributed by atoms with E-state index in [-0.39, 0.29) is 5.78 Å². The van der Waals surface area contributed by atoms with Crippen LogP contribution < -0.4 is 5.73 Å². The summed E-state index contributed by atoms with van der Waals surface area (Å²) in [4.78, 5) is 18.6. The topological polar surface area (TPSA) is 59.2 Å². The highest BCUT2D eigenvalue weighted by molar-refractivity contribution is 6.06. The molecule has 0 unspecified atom stereocenters. The van der Waals surface area contributed by atoms with Gasteiger partial charge in [0, 0.05) is 6.20 Å². The number of hydrogen-bond acceptors (Lipinski definition) is 4. The second-order valence-electron chi connectivity index (χ2n) is 4.40. The van der Waals surface area contributed by atoms with Crippen LogP contribution in [0.5, 0.6) is 0 Å². The van der Waals surface area contributed by atoms with E-state index in [0.717, 1.165) is 12.8 Å². The number of pyridine rings is 1. The van der Waals surface area contributed by atoms with Crippen molar-refractivity contribution in [2.45, 2.75) is 32.2 Å². The fourth-order valence-corrected chi connectivity index (χ4v) is 2.27. The van der Waals surface area contributed by atoms with E-state index in [2.05, 4.69) is 4.98 Å². The molecule has 1 heterocycles. The molecule has 1 rings (SSSR count). The number of anilines is 1. The molecule has 0 radical (unpaired) electrons. The smallest absolute Gasteiger partial charge is 0.186 e. The Bertz CT molecular complexity index is 397. The van der Waals surface area contributed by atoms with Gasteiger partial charge in [0.25, 0.3) is 0 Å². The molecule has 94 valence electrons. The maximum Gasteiger partial charge on any atom is 0.186 e. The number of carbonyl (C=O) groups is 1. The Balaban J connectivity index is 3.22. The van der Waals surface area contributed by atoms with Gasteiger partial charge in [0.05, 0.1) is 11.1 Å². The van der Waals surface area contributed by atoms with Crippen LogP contribution in [0, 0.1) is 0 Å². The standard InChI is InChI=1S/C13H21N3O/c1-5-13(6-2,16(3)4)11(17)10-8-7-9-15-12(10)14/h7-9H,5-6H2,1-4H3,(H2,14,15). The van der Waals surface area contributed by atoms with Crippen LogP contribution >= 0.6 is 0 Å². The molecule has 0 amide bonds. The van der Waals surface area contributed by atoms with Gasteiger partial charge >= 0.3 is 0 Å². The van der Waals surface area contributed by atoms with Crippen molar-refractivity contribution >= 4 is 11.6 Å². The van der Waals surface area contributed by atoms with E-state index in [1.54, 1.807) is 18.3 Å². The van der Waals surface area contributed by atoms with Crippen LogP contribution in [0.3, 0.4) is 0 Å². The van der Waals surface area contributed by atoms with Crippen LogP contribution in [0.1, 0.15) is 37.0 Å². The predicted molar refractivity (Wildman–Crippen MR) is 70.0 cm³/mol. The van der Waals surface area contributed by atoms with Crippen LogP contribution in [0.4, 0.5) is 5.82 Å². The minimum Gasteiger partial charge on any atom is -0.383 e. The number of rotatable bonds is 5. The number of aromatic nitrogens is 1. The normalized spacial score (nSPS) is 11.8. The zero-order valence-corrected chi connectivity index (χ0v) is 11.0. The molecular weight excluding hydrogens is 214 g/mol. The maximum absolute atomic E-state index is 12.6. The first-order valence-corrected chi connectivity index (χ1v) is 5.92. The number of nitrogen functional groups attached to an aromatic ring is 1. The largest absolute Gasteiger partial charge is 0.383 e. The van der Waals surface area contributed by atoms with Crippen molar-refractivity contribution in [3.05, 3.63) is 23.9 Å². The zero-order valence-electron chi connectivity index (χ0n) is 11.0. The summed E-state index contributed by atoms with van der Waals surface area (Å²) in [7, 11) is 3.86. The molecular formula is C13H21N3O. The van der Waals surface area contributed by atoms with Gasteiger partial charge in [-0.1, -0.05) is 13.8 Å². The van der Waals surface area contributed by atoms with E-state index in [1.165, 1.54) is 0 Å². The van der Waals surface area contributed by atoms with Crippen molar-refractivity contribution in [2.24, 2.45) is 0 Å². The van der Waals surface area contributed by atoms with Gasteiger partial charge in [-0.3, -0.25) is 9.69 Å². The second kappa shape index (κ2) is 5.27. The van der Waals surface area contributed by atoms with Crippen molar-refractivity contribution < 1.29 is 4.79 Å². The molecule has 1 aromatic rings. The van der Waals surface area contributed by atoms with Gasteiger partial charge < -0.3 is 5.73 Å². The number of Topliss-reactive ketones (excluding diaryl/α,β-unsaturated/α-hetero) is 1. The van der Waals surface area contributed by atoms with Crippen LogP contribution in [0.25, 0.3) is 0 Å². The summed E-state index contributed by atoms with van der Waals surface area (Å²) in [6.45, 7) is 4.04. The van der Waals surface area contributed by atoms with Crippen molar-refractivity contribution in [2.75, 3.05) is 19.8 Å². The molecule has 0 aliphatic rings. The Labute approximate surface area is 103 Å². The van der Waals surface area contributed by atoms with E-state index in [1.807, 2.05) is 32.8 Å². The minimum atomic E-state index is -0.489. The second-order valence-corrected chi connectivity index (χ2v) is 4.40. The fourth-order valence-electron chi connectivity index (χ4n) is 2.27. The molecule has 2 N–H and O–H groups in total. The third kappa shape index (κ3) is 2.31. The molecule has 0 aliphatic carbocycles. The summed E-state index contributed by atoms with van der Waals surface area (Å²) in [6.07, 6.45) is 3.11. The molecule has 0 spiro atoms. The Hall–Kier alpha value is -1.42. The van der Waals surface area contributed by atoms with Crippen molar-refractivity contribution in [3.8, 4) is 0 Å². The van der Waals surface area contributed by atoms with Crippen LogP contribution in [-0.4, -0.2) is 35.3 Å². The minimum absolute atomic E-state index is 0.0538. The Morgan fingerprint density at radius 3 is 2.41 bits per heavy atom. The first-order valence-electron chi connectivity index (χ1n) is 5.92. The molecule has 0 atom stereocenters. The molecule has 0 aromatic carbocycles. The predicted octanol–water partition coefficient (Wildman–Crippen LogP) is 1.97. The van der Waals surface area contributed by atoms with E-state index in [9.17, 15) is 4.79 Å². The van der Waals surface area contributed by atoms with Crippen LogP contribution in [-0.2, 0) is 0 Å². The zero-order chi connectivity index (χ0) is 13.1. The molecule has 0 bridgehead atoms. The van der Waals surface area contributed by atoms with Gasteiger partial charge in [-0.15, -0.1) is 0 Å². The van der Waals surface area contributed by atoms with Gasteiger partial charge in [-0.05, 0) is 39.1 Å². The highest BCUT2D eigenvalue weighted by Crippen LogP contribution is 2.27.